The molecule has 0 radical (unpaired) electrons. The third-order valence-electron chi connectivity index (χ3n) is 3.17. The van der Waals surface area contributed by atoms with Crippen molar-refractivity contribution in [2.24, 2.45) is 0 Å². The molecule has 0 heterocycles. The Morgan fingerprint density at radius 2 is 1.70 bits per heavy atom. The van der Waals surface area contributed by atoms with Crippen molar-refractivity contribution in [3.05, 3.63) is 35.4 Å². The average Bonchev–Trinajstić information content (AvgIpc) is 2.54. The molecule has 0 amide bonds. The first-order valence-electron chi connectivity index (χ1n) is 7.29. The summed E-state index contributed by atoms with van der Waals surface area (Å²) in [6, 6.07) is 6.83. The Balaban J connectivity index is 2.26. The van der Waals surface area contributed by atoms with Gasteiger partial charge in [-0.1, -0.05) is 26.0 Å². The fraction of sp³-hybridized carbons (Fsp3) is 0.500. The Morgan fingerprint density at radius 1 is 1.04 bits per heavy atom. The lowest BCUT2D eigenvalue weighted by molar-refractivity contribution is -0.452. The first-order chi connectivity index (χ1) is 10.9. The van der Waals surface area contributed by atoms with Crippen LogP contribution in [0.3, 0.4) is 0 Å². The summed E-state index contributed by atoms with van der Waals surface area (Å²) >= 11 is 0. The number of ether oxygens (including phenoxy) is 2. The topological polar surface area (TPSA) is 80.3 Å². The molecule has 0 N–H and O–H groups in total. The molecule has 23 heavy (non-hydrogen) atoms. The molecule has 1 aromatic rings. The van der Waals surface area contributed by atoms with Crippen LogP contribution in [-0.2, 0) is 24.3 Å². The maximum absolute atomic E-state index is 11.7. The highest BCUT2D eigenvalue weighted by Gasteiger charge is 2.13. The molecule has 0 aliphatic heterocycles. The summed E-state index contributed by atoms with van der Waals surface area (Å²) in [5.41, 5.74) is 1.37. The lowest BCUT2D eigenvalue weighted by Crippen LogP contribution is -2.15. The van der Waals surface area contributed by atoms with Gasteiger partial charge in [0.05, 0.1) is 23.3 Å². The third kappa shape index (κ3) is 7.12. The molecule has 7 nitrogen and oxygen atoms in total. The highest BCUT2D eigenvalue weighted by atomic mass is 17.5. The van der Waals surface area contributed by atoms with E-state index in [4.69, 9.17) is 4.74 Å². The molecule has 7 heteroatoms. The van der Waals surface area contributed by atoms with Gasteiger partial charge in [-0.3, -0.25) is 4.89 Å². The minimum atomic E-state index is -1.10. The normalized spacial score (nSPS) is 11.9. The molecule has 1 aromatic carbocycles. The maximum Gasteiger partial charge on any atom is 0.543 e. The van der Waals surface area contributed by atoms with Crippen LogP contribution in [0, 0.1) is 0 Å². The van der Waals surface area contributed by atoms with E-state index in [0.29, 0.717) is 12.3 Å². The fourth-order valence-corrected chi connectivity index (χ4v) is 1.58. The van der Waals surface area contributed by atoms with Crippen LogP contribution in [0.5, 0.6) is 0 Å². The average molecular weight is 326 g/mol. The monoisotopic (exact) mass is 326 g/mol. The van der Waals surface area contributed by atoms with Gasteiger partial charge >= 0.3 is 12.1 Å². The quantitative estimate of drug-likeness (QED) is 0.411. The van der Waals surface area contributed by atoms with E-state index < -0.39 is 12.1 Å². The van der Waals surface area contributed by atoms with E-state index in [1.807, 2.05) is 32.9 Å². The summed E-state index contributed by atoms with van der Waals surface area (Å²) in [7, 11) is 1.55. The van der Waals surface area contributed by atoms with Gasteiger partial charge in [0.2, 0.25) is 0 Å². The molecular formula is C16H22O7. The third-order valence-corrected chi connectivity index (χ3v) is 3.17. The van der Waals surface area contributed by atoms with E-state index in [2.05, 4.69) is 19.6 Å². The molecule has 0 fully saturated rings. The molecule has 0 saturated carbocycles. The summed E-state index contributed by atoms with van der Waals surface area (Å²) < 4.78 is 9.67. The summed E-state index contributed by atoms with van der Waals surface area (Å²) in [4.78, 5) is 31.3. The van der Waals surface area contributed by atoms with Crippen molar-refractivity contribution in [3.63, 3.8) is 0 Å². The van der Waals surface area contributed by atoms with Crippen molar-refractivity contribution >= 4 is 12.1 Å². The lowest BCUT2D eigenvalue weighted by Gasteiger charge is -2.08. The number of rotatable bonds is 8. The Labute approximate surface area is 135 Å². The molecule has 128 valence electrons. The summed E-state index contributed by atoms with van der Waals surface area (Å²) in [5, 5.41) is 4.12. The van der Waals surface area contributed by atoms with Crippen LogP contribution < -0.4 is 0 Å². The van der Waals surface area contributed by atoms with Crippen LogP contribution >= 0.6 is 0 Å². The molecular weight excluding hydrogens is 304 g/mol. The van der Waals surface area contributed by atoms with Gasteiger partial charge < -0.3 is 9.47 Å². The number of benzene rings is 1. The molecule has 1 rings (SSSR count). The van der Waals surface area contributed by atoms with Crippen molar-refractivity contribution in [2.75, 3.05) is 13.7 Å². The van der Waals surface area contributed by atoms with E-state index in [9.17, 15) is 9.59 Å². The van der Waals surface area contributed by atoms with Crippen molar-refractivity contribution in [2.45, 2.75) is 39.2 Å². The summed E-state index contributed by atoms with van der Waals surface area (Å²) in [6.45, 7) is 6.02. The molecule has 0 aliphatic rings. The number of carbonyl (C=O) groups is 2. The number of hydrogen-bond acceptors (Lipinski definition) is 7. The molecule has 1 atom stereocenters. The van der Waals surface area contributed by atoms with Crippen molar-refractivity contribution in [1.82, 2.24) is 0 Å². The van der Waals surface area contributed by atoms with Gasteiger partial charge in [0, 0.05) is 13.5 Å². The molecule has 1 unspecified atom stereocenters. The minimum absolute atomic E-state index is 0.0460. The second-order valence-electron chi connectivity index (χ2n) is 5.23. The predicted octanol–water partition coefficient (Wildman–Crippen LogP) is 3.39. The number of carbonyl (C=O) groups excluding carboxylic acids is 2. The van der Waals surface area contributed by atoms with Gasteiger partial charge in [-0.2, -0.15) is 0 Å². The number of hydrogen-bond donors (Lipinski definition) is 0. The van der Waals surface area contributed by atoms with Crippen LogP contribution in [0.2, 0.25) is 0 Å². The largest absolute Gasteiger partial charge is 0.543 e. The number of methoxy groups -OCH3 is 1. The predicted molar refractivity (Wildman–Crippen MR) is 80.6 cm³/mol. The lowest BCUT2D eigenvalue weighted by atomic mass is 10.0. The SMILES string of the molecule is COC(C)CCOC(=O)OOOC(=O)c1ccc(C(C)C)cc1. The van der Waals surface area contributed by atoms with Gasteiger partial charge in [-0.05, 0) is 30.5 Å². The second-order valence-corrected chi connectivity index (χ2v) is 5.23. The Bertz CT molecular complexity index is 496. The summed E-state index contributed by atoms with van der Waals surface area (Å²) in [5.74, 6) is -0.420. The van der Waals surface area contributed by atoms with E-state index in [0.717, 1.165) is 5.56 Å². The smallest absolute Gasteiger partial charge is 0.432 e. The van der Waals surface area contributed by atoms with Crippen LogP contribution in [-0.4, -0.2) is 31.9 Å². The van der Waals surface area contributed by atoms with Crippen LogP contribution in [0.4, 0.5) is 4.79 Å². The summed E-state index contributed by atoms with van der Waals surface area (Å²) in [6.07, 6.45) is -0.639. The molecule has 0 aliphatic carbocycles. The van der Waals surface area contributed by atoms with E-state index >= 15 is 0 Å². The van der Waals surface area contributed by atoms with Gasteiger partial charge in [0.15, 0.2) is 0 Å². The van der Waals surface area contributed by atoms with Gasteiger partial charge in [-0.15, -0.1) is 0 Å². The van der Waals surface area contributed by atoms with Crippen molar-refractivity contribution < 1.29 is 33.9 Å². The Morgan fingerprint density at radius 3 is 2.26 bits per heavy atom. The van der Waals surface area contributed by atoms with E-state index in [1.165, 1.54) is 0 Å². The zero-order valence-electron chi connectivity index (χ0n) is 13.7. The highest BCUT2D eigenvalue weighted by molar-refractivity contribution is 5.88. The fourth-order valence-electron chi connectivity index (χ4n) is 1.58. The highest BCUT2D eigenvalue weighted by Crippen LogP contribution is 2.15. The zero-order chi connectivity index (χ0) is 17.2. The van der Waals surface area contributed by atoms with Crippen molar-refractivity contribution in [1.29, 1.82) is 0 Å². The van der Waals surface area contributed by atoms with Gasteiger partial charge in [-0.25, -0.2) is 14.5 Å². The molecule has 0 saturated heterocycles. The van der Waals surface area contributed by atoms with Gasteiger partial charge in [0.1, 0.15) is 0 Å². The zero-order valence-corrected chi connectivity index (χ0v) is 13.7. The Kier molecular flexibility index (Phi) is 8.07. The minimum Gasteiger partial charge on any atom is -0.432 e. The second kappa shape index (κ2) is 9.81. The van der Waals surface area contributed by atoms with E-state index in [1.54, 1.807) is 19.2 Å². The van der Waals surface area contributed by atoms with E-state index in [-0.39, 0.29) is 18.3 Å². The first kappa shape index (κ1) is 18.9. The van der Waals surface area contributed by atoms with Crippen molar-refractivity contribution in [3.8, 4) is 0 Å². The van der Waals surface area contributed by atoms with Crippen LogP contribution in [0.15, 0.2) is 24.3 Å². The molecule has 0 spiro atoms. The standard InChI is InChI=1S/C16H22O7/c1-11(2)13-5-7-14(8-6-13)15(17)21-23-22-16(18)20-10-9-12(3)19-4/h5-8,11-12H,9-10H2,1-4H3. The maximum atomic E-state index is 11.7. The molecule has 0 bridgehead atoms. The molecule has 0 aromatic heterocycles. The first-order valence-corrected chi connectivity index (χ1v) is 7.29. The van der Waals surface area contributed by atoms with Crippen LogP contribution in [0.25, 0.3) is 0 Å². The van der Waals surface area contributed by atoms with Gasteiger partial charge in [0.25, 0.3) is 0 Å². The Hall–Kier alpha value is -2.12. The van der Waals surface area contributed by atoms with Crippen LogP contribution in [0.1, 0.15) is 49.0 Å².